The quantitative estimate of drug-likeness (QED) is 0.798. The maximum absolute atomic E-state index is 4.54. The van der Waals surface area contributed by atoms with Gasteiger partial charge < -0.3 is 16.0 Å². The fraction of sp³-hybridized carbons (Fsp3) is 0.400. The molecule has 0 unspecified atom stereocenters. The van der Waals surface area contributed by atoms with Crippen molar-refractivity contribution in [1.82, 2.24) is 20.3 Å². The summed E-state index contributed by atoms with van der Waals surface area (Å²) in [5, 5.41) is 9.75. The van der Waals surface area contributed by atoms with Crippen LogP contribution < -0.4 is 16.0 Å². The third kappa shape index (κ3) is 3.46. The van der Waals surface area contributed by atoms with Gasteiger partial charge in [0.15, 0.2) is 0 Å². The van der Waals surface area contributed by atoms with Crippen LogP contribution >= 0.6 is 0 Å². The number of anilines is 3. The second kappa shape index (κ2) is 6.49. The maximum atomic E-state index is 4.54. The van der Waals surface area contributed by atoms with Crippen LogP contribution in [0.1, 0.15) is 24.3 Å². The molecule has 6 nitrogen and oxygen atoms in total. The summed E-state index contributed by atoms with van der Waals surface area (Å²) in [4.78, 5) is 12.8. The number of hydrogen-bond acceptors (Lipinski definition) is 6. The molecule has 1 aliphatic heterocycles. The average Bonchev–Trinajstić information content (AvgIpc) is 2.56. The first-order chi connectivity index (χ1) is 10.3. The second-order valence-electron chi connectivity index (χ2n) is 5.16. The first kappa shape index (κ1) is 13.8. The van der Waals surface area contributed by atoms with Crippen LogP contribution in [0.15, 0.2) is 30.7 Å². The summed E-state index contributed by atoms with van der Waals surface area (Å²) in [6.07, 6.45) is 7.34. The van der Waals surface area contributed by atoms with Gasteiger partial charge in [0.1, 0.15) is 17.5 Å². The predicted octanol–water partition coefficient (Wildman–Crippen LogP) is 2.12. The zero-order valence-electron chi connectivity index (χ0n) is 12.1. The molecule has 3 rings (SSSR count). The predicted molar refractivity (Wildman–Crippen MR) is 83.9 cm³/mol. The Morgan fingerprint density at radius 1 is 1.10 bits per heavy atom. The van der Waals surface area contributed by atoms with Crippen LogP contribution in [0.25, 0.3) is 0 Å². The number of piperidine rings is 1. The van der Waals surface area contributed by atoms with Gasteiger partial charge in [0.05, 0.1) is 6.20 Å². The highest BCUT2D eigenvalue weighted by Gasteiger charge is 2.17. The first-order valence-corrected chi connectivity index (χ1v) is 7.28. The molecule has 0 aliphatic carbocycles. The van der Waals surface area contributed by atoms with Crippen LogP contribution in [0.5, 0.6) is 0 Å². The van der Waals surface area contributed by atoms with E-state index in [0.29, 0.717) is 11.7 Å². The van der Waals surface area contributed by atoms with E-state index in [0.717, 1.165) is 37.6 Å². The van der Waals surface area contributed by atoms with E-state index < -0.39 is 0 Å². The van der Waals surface area contributed by atoms with Crippen molar-refractivity contribution in [2.24, 2.45) is 0 Å². The molecule has 1 aliphatic rings. The highest BCUT2D eigenvalue weighted by atomic mass is 15.1. The fourth-order valence-corrected chi connectivity index (χ4v) is 2.63. The van der Waals surface area contributed by atoms with E-state index in [4.69, 9.17) is 0 Å². The van der Waals surface area contributed by atoms with E-state index in [1.54, 1.807) is 18.6 Å². The number of nitrogens with zero attached hydrogens (tertiary/aromatic N) is 3. The fourth-order valence-electron chi connectivity index (χ4n) is 2.63. The van der Waals surface area contributed by atoms with Crippen molar-refractivity contribution in [3.63, 3.8) is 0 Å². The molecular formula is C15H20N6. The summed E-state index contributed by atoms with van der Waals surface area (Å²) in [6.45, 7) is 2.16. The lowest BCUT2D eigenvalue weighted by atomic mass is 9.90. The van der Waals surface area contributed by atoms with Crippen molar-refractivity contribution in [2.45, 2.75) is 18.8 Å². The molecule has 2 aromatic heterocycles. The summed E-state index contributed by atoms with van der Waals surface area (Å²) in [6, 6.07) is 4.25. The molecule has 0 radical (unpaired) electrons. The van der Waals surface area contributed by atoms with E-state index in [9.17, 15) is 0 Å². The summed E-state index contributed by atoms with van der Waals surface area (Å²) in [5.74, 6) is 2.96. The van der Waals surface area contributed by atoms with Crippen molar-refractivity contribution in [3.8, 4) is 0 Å². The van der Waals surface area contributed by atoms with Crippen LogP contribution in [-0.4, -0.2) is 35.1 Å². The Hall–Kier alpha value is -2.21. The van der Waals surface area contributed by atoms with Gasteiger partial charge in [0.2, 0.25) is 0 Å². The smallest absolute Gasteiger partial charge is 0.150 e. The Bertz CT molecular complexity index is 580. The molecule has 1 fully saturated rings. The van der Waals surface area contributed by atoms with E-state index >= 15 is 0 Å². The minimum atomic E-state index is 0.587. The summed E-state index contributed by atoms with van der Waals surface area (Å²) in [7, 11) is 1.89. The van der Waals surface area contributed by atoms with Gasteiger partial charge in [-0.25, -0.2) is 9.97 Å². The van der Waals surface area contributed by atoms with Crippen LogP contribution in [0.3, 0.4) is 0 Å². The van der Waals surface area contributed by atoms with Crippen molar-refractivity contribution in [1.29, 1.82) is 0 Å². The lowest BCUT2D eigenvalue weighted by Gasteiger charge is -2.23. The lowest BCUT2D eigenvalue weighted by Crippen LogP contribution is -2.26. The minimum Gasteiger partial charge on any atom is -0.373 e. The maximum Gasteiger partial charge on any atom is 0.150 e. The summed E-state index contributed by atoms with van der Waals surface area (Å²) >= 11 is 0. The zero-order chi connectivity index (χ0) is 14.5. The third-order valence-corrected chi connectivity index (χ3v) is 3.73. The molecule has 0 bridgehead atoms. The Morgan fingerprint density at radius 3 is 2.62 bits per heavy atom. The Morgan fingerprint density at radius 2 is 1.90 bits per heavy atom. The topological polar surface area (TPSA) is 74.8 Å². The van der Waals surface area contributed by atoms with E-state index in [2.05, 4.69) is 43.0 Å². The van der Waals surface area contributed by atoms with Crippen molar-refractivity contribution >= 4 is 17.5 Å². The first-order valence-electron chi connectivity index (χ1n) is 7.28. The highest BCUT2D eigenvalue weighted by Crippen LogP contribution is 2.29. The van der Waals surface area contributed by atoms with Crippen molar-refractivity contribution < 1.29 is 0 Å². The zero-order valence-corrected chi connectivity index (χ0v) is 12.1. The largest absolute Gasteiger partial charge is 0.373 e. The van der Waals surface area contributed by atoms with Gasteiger partial charge in [-0.05, 0) is 49.5 Å². The van der Waals surface area contributed by atoms with Crippen LogP contribution in [0, 0.1) is 0 Å². The van der Waals surface area contributed by atoms with Crippen LogP contribution in [-0.2, 0) is 0 Å². The van der Waals surface area contributed by atoms with Gasteiger partial charge in [-0.15, -0.1) is 0 Å². The molecule has 0 aromatic carbocycles. The van der Waals surface area contributed by atoms with Gasteiger partial charge in [0, 0.05) is 19.4 Å². The molecule has 0 saturated carbocycles. The highest BCUT2D eigenvalue weighted by molar-refractivity contribution is 5.56. The van der Waals surface area contributed by atoms with Crippen molar-refractivity contribution in [3.05, 3.63) is 36.3 Å². The molecular weight excluding hydrogens is 264 g/mol. The number of nitrogens with one attached hydrogen (secondary N) is 3. The second-order valence-corrected chi connectivity index (χ2v) is 5.16. The molecule has 1 saturated heterocycles. The molecule has 6 heteroatoms. The molecule has 3 N–H and O–H groups in total. The number of hydrogen-bond donors (Lipinski definition) is 3. The number of pyridine rings is 1. The SMILES string of the molecule is CNc1cc(C2CCNCC2)cc(Nc2cnccn2)n1. The standard InChI is InChI=1S/C15H20N6/c1-16-13-8-12(11-2-4-17-5-3-11)9-14(20-13)21-15-10-18-6-7-19-15/h6-11,17H,2-5H2,1H3,(H2,16,19,20,21). The number of aromatic nitrogens is 3. The third-order valence-electron chi connectivity index (χ3n) is 3.73. The van der Waals surface area contributed by atoms with Crippen molar-refractivity contribution in [2.75, 3.05) is 30.8 Å². The Balaban J connectivity index is 1.85. The molecule has 110 valence electrons. The van der Waals surface area contributed by atoms with Crippen LogP contribution in [0.2, 0.25) is 0 Å². The van der Waals surface area contributed by atoms with Gasteiger partial charge in [-0.2, -0.15) is 0 Å². The molecule has 2 aromatic rings. The number of rotatable bonds is 4. The monoisotopic (exact) mass is 284 g/mol. The van der Waals surface area contributed by atoms with Gasteiger partial charge in [0.25, 0.3) is 0 Å². The molecule has 21 heavy (non-hydrogen) atoms. The molecule has 0 spiro atoms. The van der Waals surface area contributed by atoms with E-state index in [1.165, 1.54) is 5.56 Å². The molecule has 0 amide bonds. The normalized spacial score (nSPS) is 15.7. The minimum absolute atomic E-state index is 0.587. The lowest BCUT2D eigenvalue weighted by molar-refractivity contribution is 0.460. The van der Waals surface area contributed by atoms with Gasteiger partial charge >= 0.3 is 0 Å². The molecule has 0 atom stereocenters. The summed E-state index contributed by atoms with van der Waals surface area (Å²) in [5.41, 5.74) is 1.32. The van der Waals surface area contributed by atoms with Gasteiger partial charge in [-0.3, -0.25) is 4.98 Å². The van der Waals surface area contributed by atoms with E-state index in [1.807, 2.05) is 7.05 Å². The van der Waals surface area contributed by atoms with Crippen LogP contribution in [0.4, 0.5) is 17.5 Å². The van der Waals surface area contributed by atoms with Gasteiger partial charge in [-0.1, -0.05) is 0 Å². The van der Waals surface area contributed by atoms with E-state index in [-0.39, 0.29) is 0 Å². The Kier molecular flexibility index (Phi) is 4.25. The molecule has 3 heterocycles. The summed E-state index contributed by atoms with van der Waals surface area (Å²) < 4.78 is 0. The average molecular weight is 284 g/mol. The Labute approximate surface area is 124 Å².